The Hall–Kier alpha value is -2.36. The first kappa shape index (κ1) is 18.4. The van der Waals surface area contributed by atoms with Gasteiger partial charge in [-0.3, -0.25) is 4.79 Å². The second-order valence-corrected chi connectivity index (χ2v) is 7.40. The number of amides is 1. The number of ether oxygens (including phenoxy) is 1. The van der Waals surface area contributed by atoms with Crippen LogP contribution >= 0.6 is 11.3 Å². The summed E-state index contributed by atoms with van der Waals surface area (Å²) in [7, 11) is 0. The van der Waals surface area contributed by atoms with E-state index < -0.39 is 0 Å². The van der Waals surface area contributed by atoms with Crippen molar-refractivity contribution in [3.63, 3.8) is 0 Å². The Morgan fingerprint density at radius 3 is 3.08 bits per heavy atom. The monoisotopic (exact) mass is 369 g/mol. The van der Waals surface area contributed by atoms with E-state index >= 15 is 0 Å². The molecule has 0 fully saturated rings. The van der Waals surface area contributed by atoms with Crippen LogP contribution in [-0.2, 0) is 24.2 Å². The number of nitrogens with zero attached hydrogens (tertiary/aromatic N) is 1. The maximum Gasteiger partial charge on any atom is 0.225 e. The molecule has 26 heavy (non-hydrogen) atoms. The summed E-state index contributed by atoms with van der Waals surface area (Å²) in [5, 5.41) is 16.4. The van der Waals surface area contributed by atoms with Gasteiger partial charge in [-0.15, -0.1) is 11.3 Å². The summed E-state index contributed by atoms with van der Waals surface area (Å²) in [5.41, 5.74) is 3.83. The molecule has 1 aliphatic rings. The molecule has 0 saturated heterocycles. The summed E-state index contributed by atoms with van der Waals surface area (Å²) < 4.78 is 5.73. The first-order chi connectivity index (χ1) is 12.6. The van der Waals surface area contributed by atoms with Crippen LogP contribution in [0.25, 0.3) is 0 Å². The molecule has 0 aliphatic carbocycles. The summed E-state index contributed by atoms with van der Waals surface area (Å²) in [6.07, 6.45) is 1.80. The zero-order valence-electron chi connectivity index (χ0n) is 15.1. The molecule has 0 atom stereocenters. The average Bonchev–Trinajstić information content (AvgIpc) is 2.99. The molecule has 0 spiro atoms. The predicted molar refractivity (Wildman–Crippen MR) is 104 cm³/mol. The van der Waals surface area contributed by atoms with Gasteiger partial charge < -0.3 is 15.4 Å². The van der Waals surface area contributed by atoms with Crippen LogP contribution in [0, 0.1) is 18.3 Å². The lowest BCUT2D eigenvalue weighted by Gasteiger charge is -2.13. The molecule has 2 N–H and O–H groups in total. The lowest BCUT2D eigenvalue weighted by molar-refractivity contribution is -0.116. The van der Waals surface area contributed by atoms with E-state index in [1.165, 1.54) is 11.3 Å². The Morgan fingerprint density at radius 2 is 2.31 bits per heavy atom. The third-order valence-corrected chi connectivity index (χ3v) is 5.64. The Kier molecular flexibility index (Phi) is 5.92. The fourth-order valence-corrected chi connectivity index (χ4v) is 4.42. The molecule has 2 heterocycles. The lowest BCUT2D eigenvalue weighted by Crippen LogP contribution is -2.22. The zero-order chi connectivity index (χ0) is 18.5. The molecule has 1 aromatic heterocycles. The molecule has 0 saturated carbocycles. The number of para-hydroxylation sites is 1. The smallest absolute Gasteiger partial charge is 0.225 e. The van der Waals surface area contributed by atoms with Crippen LogP contribution in [0.5, 0.6) is 5.75 Å². The number of thiophene rings is 1. The Bertz CT molecular complexity index is 851. The van der Waals surface area contributed by atoms with Crippen molar-refractivity contribution >= 4 is 22.2 Å². The van der Waals surface area contributed by atoms with Gasteiger partial charge in [-0.05, 0) is 49.9 Å². The molecule has 0 unspecified atom stereocenters. The maximum absolute atomic E-state index is 12.5. The van der Waals surface area contributed by atoms with Gasteiger partial charge in [-0.2, -0.15) is 5.26 Å². The van der Waals surface area contributed by atoms with Crippen LogP contribution < -0.4 is 15.4 Å². The molecule has 136 valence electrons. The van der Waals surface area contributed by atoms with Gasteiger partial charge in [0.2, 0.25) is 5.91 Å². The van der Waals surface area contributed by atoms with Crippen molar-refractivity contribution in [1.82, 2.24) is 5.32 Å². The minimum Gasteiger partial charge on any atom is -0.493 e. The molecule has 5 nitrogen and oxygen atoms in total. The van der Waals surface area contributed by atoms with Crippen LogP contribution in [0.1, 0.15) is 40.5 Å². The zero-order valence-corrected chi connectivity index (χ0v) is 16.0. The summed E-state index contributed by atoms with van der Waals surface area (Å²) >= 11 is 1.51. The van der Waals surface area contributed by atoms with Crippen LogP contribution in [0.2, 0.25) is 0 Å². The van der Waals surface area contributed by atoms with Crippen molar-refractivity contribution in [2.24, 2.45) is 0 Å². The van der Waals surface area contributed by atoms with Crippen molar-refractivity contribution in [3.05, 3.63) is 45.3 Å². The van der Waals surface area contributed by atoms with Crippen molar-refractivity contribution in [2.75, 3.05) is 18.5 Å². The number of hydrogen-bond acceptors (Lipinski definition) is 5. The highest BCUT2D eigenvalue weighted by molar-refractivity contribution is 7.16. The predicted octanol–water partition coefficient (Wildman–Crippen LogP) is 3.54. The molecular weight excluding hydrogens is 346 g/mol. The SMILES string of the molecule is CCOc1c(C)cccc1CCC(=O)Nc1sc2c(c1C#N)CCNC2. The number of nitrogens with one attached hydrogen (secondary N) is 2. The summed E-state index contributed by atoms with van der Waals surface area (Å²) in [6, 6.07) is 8.26. The van der Waals surface area contributed by atoms with Crippen LogP contribution in [0.15, 0.2) is 18.2 Å². The number of fused-ring (bicyclic) bond motifs is 1. The van der Waals surface area contributed by atoms with Gasteiger partial charge in [0.15, 0.2) is 0 Å². The number of carbonyl (C=O) groups excluding carboxylic acids is 1. The van der Waals surface area contributed by atoms with E-state index in [4.69, 9.17) is 4.74 Å². The quantitative estimate of drug-likeness (QED) is 0.817. The topological polar surface area (TPSA) is 74.1 Å². The van der Waals surface area contributed by atoms with E-state index in [9.17, 15) is 10.1 Å². The van der Waals surface area contributed by atoms with E-state index in [2.05, 4.69) is 16.7 Å². The van der Waals surface area contributed by atoms with E-state index in [-0.39, 0.29) is 5.91 Å². The van der Waals surface area contributed by atoms with Crippen LogP contribution in [0.4, 0.5) is 5.00 Å². The van der Waals surface area contributed by atoms with E-state index in [0.29, 0.717) is 30.0 Å². The van der Waals surface area contributed by atoms with Crippen LogP contribution in [-0.4, -0.2) is 19.1 Å². The molecule has 1 aromatic carbocycles. The Labute approximate surface area is 158 Å². The fraction of sp³-hybridized carbons (Fsp3) is 0.400. The van der Waals surface area contributed by atoms with Crippen molar-refractivity contribution < 1.29 is 9.53 Å². The van der Waals surface area contributed by atoms with Crippen molar-refractivity contribution in [2.45, 2.75) is 39.7 Å². The van der Waals surface area contributed by atoms with Gasteiger partial charge in [0, 0.05) is 17.8 Å². The van der Waals surface area contributed by atoms with E-state index in [1.54, 1.807) is 0 Å². The highest BCUT2D eigenvalue weighted by Crippen LogP contribution is 2.35. The first-order valence-electron chi connectivity index (χ1n) is 8.90. The minimum atomic E-state index is -0.0722. The van der Waals surface area contributed by atoms with Gasteiger partial charge in [0.05, 0.1) is 12.2 Å². The number of carbonyl (C=O) groups is 1. The molecular formula is C20H23N3O2S. The number of benzene rings is 1. The van der Waals surface area contributed by atoms with Gasteiger partial charge in [0.1, 0.15) is 16.8 Å². The molecule has 1 aliphatic heterocycles. The molecule has 6 heteroatoms. The van der Waals surface area contributed by atoms with Gasteiger partial charge in [-0.25, -0.2) is 0 Å². The number of aryl methyl sites for hydroxylation is 2. The third kappa shape index (κ3) is 3.90. The number of rotatable bonds is 6. The summed E-state index contributed by atoms with van der Waals surface area (Å²) in [4.78, 5) is 13.6. The fourth-order valence-electron chi connectivity index (χ4n) is 3.24. The van der Waals surface area contributed by atoms with E-state index in [1.807, 2.05) is 32.0 Å². The summed E-state index contributed by atoms with van der Waals surface area (Å²) in [6.45, 7) is 6.22. The maximum atomic E-state index is 12.5. The number of nitriles is 1. The Balaban J connectivity index is 1.68. The minimum absolute atomic E-state index is 0.0722. The van der Waals surface area contributed by atoms with E-state index in [0.717, 1.165) is 46.8 Å². The normalized spacial score (nSPS) is 13.0. The van der Waals surface area contributed by atoms with Gasteiger partial charge >= 0.3 is 0 Å². The third-order valence-electron chi connectivity index (χ3n) is 4.50. The number of anilines is 1. The molecule has 1 amide bonds. The largest absolute Gasteiger partial charge is 0.493 e. The molecule has 3 rings (SSSR count). The highest BCUT2D eigenvalue weighted by Gasteiger charge is 2.21. The highest BCUT2D eigenvalue weighted by atomic mass is 32.1. The summed E-state index contributed by atoms with van der Waals surface area (Å²) in [5.74, 6) is 0.801. The Morgan fingerprint density at radius 1 is 1.46 bits per heavy atom. The van der Waals surface area contributed by atoms with Crippen molar-refractivity contribution in [3.8, 4) is 11.8 Å². The molecule has 0 bridgehead atoms. The van der Waals surface area contributed by atoms with Gasteiger partial charge in [0.25, 0.3) is 0 Å². The second kappa shape index (κ2) is 8.35. The second-order valence-electron chi connectivity index (χ2n) is 6.29. The lowest BCUT2D eigenvalue weighted by atomic mass is 10.0. The molecule has 2 aromatic rings. The molecule has 0 radical (unpaired) electrons. The van der Waals surface area contributed by atoms with Crippen LogP contribution in [0.3, 0.4) is 0 Å². The standard InChI is InChI=1S/C20H23N3O2S/c1-3-25-19-13(2)5-4-6-14(19)7-8-18(24)23-20-16(11-21)15-9-10-22-12-17(15)26-20/h4-6,22H,3,7-10,12H2,1-2H3,(H,23,24). The van der Waals surface area contributed by atoms with Crippen molar-refractivity contribution in [1.29, 1.82) is 5.26 Å². The average molecular weight is 369 g/mol. The number of hydrogen-bond donors (Lipinski definition) is 2. The van der Waals surface area contributed by atoms with Gasteiger partial charge in [-0.1, -0.05) is 18.2 Å². The first-order valence-corrected chi connectivity index (χ1v) is 9.72.